The zero-order valence-electron chi connectivity index (χ0n) is 18.0. The fraction of sp³-hybridized carbons (Fsp3) is 0.500. The molecule has 5 heteroatoms. The van der Waals surface area contributed by atoms with Gasteiger partial charge < -0.3 is 10.5 Å². The van der Waals surface area contributed by atoms with Gasteiger partial charge in [-0.1, -0.05) is 23.7 Å². The van der Waals surface area contributed by atoms with Gasteiger partial charge in [0, 0.05) is 62.0 Å². The molecular formula is C24H32ClN3O. The zero-order valence-corrected chi connectivity index (χ0v) is 18.8. The lowest BCUT2D eigenvalue weighted by Crippen LogP contribution is -2.52. The third-order valence-electron chi connectivity index (χ3n) is 6.68. The second-order valence-corrected chi connectivity index (χ2v) is 9.44. The van der Waals surface area contributed by atoms with E-state index in [4.69, 9.17) is 22.1 Å². The van der Waals surface area contributed by atoms with Crippen LogP contribution < -0.4 is 10.5 Å². The molecule has 1 fully saturated rings. The van der Waals surface area contributed by atoms with Gasteiger partial charge in [0.1, 0.15) is 11.4 Å². The summed E-state index contributed by atoms with van der Waals surface area (Å²) in [5.41, 5.74) is 13.2. The third kappa shape index (κ3) is 4.11. The van der Waals surface area contributed by atoms with Crippen molar-refractivity contribution in [1.82, 2.24) is 9.80 Å². The molecule has 1 saturated heterocycles. The summed E-state index contributed by atoms with van der Waals surface area (Å²) in [5.74, 6) is 1.07. The maximum Gasteiger partial charge on any atom is 0.127 e. The normalized spacial score (nSPS) is 22.5. The monoisotopic (exact) mass is 413 g/mol. The van der Waals surface area contributed by atoms with Crippen LogP contribution in [-0.2, 0) is 13.0 Å². The van der Waals surface area contributed by atoms with Crippen molar-refractivity contribution in [2.75, 3.05) is 38.5 Å². The number of nitrogens with zero attached hydrogens (tertiary/aromatic N) is 2. The number of nitrogen functional groups attached to an aromatic ring is 1. The van der Waals surface area contributed by atoms with E-state index >= 15 is 0 Å². The molecule has 4 nitrogen and oxygen atoms in total. The van der Waals surface area contributed by atoms with Gasteiger partial charge in [0.05, 0.1) is 0 Å². The molecule has 2 aromatic carbocycles. The first-order valence-electron chi connectivity index (χ1n) is 10.5. The number of fused-ring (bicyclic) bond motifs is 1. The van der Waals surface area contributed by atoms with E-state index in [1.807, 2.05) is 12.1 Å². The Balaban J connectivity index is 1.36. The lowest BCUT2D eigenvalue weighted by Gasteiger charge is -2.38. The highest BCUT2D eigenvalue weighted by molar-refractivity contribution is 6.30. The van der Waals surface area contributed by atoms with E-state index in [-0.39, 0.29) is 5.60 Å². The van der Waals surface area contributed by atoms with Crippen LogP contribution in [0, 0.1) is 20.8 Å². The molecule has 2 heterocycles. The minimum Gasteiger partial charge on any atom is -0.485 e. The first-order valence-corrected chi connectivity index (χ1v) is 10.9. The average Bonchev–Trinajstić information content (AvgIpc) is 3.06. The first kappa shape index (κ1) is 20.5. The van der Waals surface area contributed by atoms with Crippen LogP contribution in [-0.4, -0.2) is 48.1 Å². The van der Waals surface area contributed by atoms with E-state index in [2.05, 4.69) is 49.6 Å². The Morgan fingerprint density at radius 2 is 1.59 bits per heavy atom. The summed E-state index contributed by atoms with van der Waals surface area (Å²) in [6, 6.07) is 8.19. The van der Waals surface area contributed by atoms with Gasteiger partial charge in [0.2, 0.25) is 0 Å². The van der Waals surface area contributed by atoms with Crippen LogP contribution in [0.3, 0.4) is 0 Å². The number of rotatable bonds is 4. The fourth-order valence-corrected chi connectivity index (χ4v) is 4.86. The smallest absolute Gasteiger partial charge is 0.127 e. The molecule has 2 aromatic rings. The van der Waals surface area contributed by atoms with Crippen LogP contribution in [0.5, 0.6) is 5.75 Å². The molecule has 1 unspecified atom stereocenters. The molecule has 29 heavy (non-hydrogen) atoms. The van der Waals surface area contributed by atoms with Gasteiger partial charge in [-0.15, -0.1) is 0 Å². The van der Waals surface area contributed by atoms with E-state index in [0.717, 1.165) is 67.7 Å². The van der Waals surface area contributed by atoms with Gasteiger partial charge in [-0.2, -0.15) is 0 Å². The van der Waals surface area contributed by atoms with E-state index in [9.17, 15) is 0 Å². The number of benzene rings is 2. The van der Waals surface area contributed by atoms with Crippen LogP contribution >= 0.6 is 11.6 Å². The summed E-state index contributed by atoms with van der Waals surface area (Å²) >= 11 is 6.00. The summed E-state index contributed by atoms with van der Waals surface area (Å²) in [5, 5.41) is 0.798. The van der Waals surface area contributed by atoms with Gasteiger partial charge in [-0.05, 0) is 62.1 Å². The molecule has 4 rings (SSSR count). The summed E-state index contributed by atoms with van der Waals surface area (Å²) in [6.07, 6.45) is 0.935. The summed E-state index contributed by atoms with van der Waals surface area (Å²) < 4.78 is 6.55. The molecule has 1 atom stereocenters. The van der Waals surface area contributed by atoms with Crippen molar-refractivity contribution in [2.24, 2.45) is 0 Å². The Kier molecular flexibility index (Phi) is 5.54. The van der Waals surface area contributed by atoms with Gasteiger partial charge in [-0.3, -0.25) is 9.80 Å². The molecule has 2 aliphatic rings. The molecule has 2 N–H and O–H groups in total. The maximum absolute atomic E-state index is 6.55. The largest absolute Gasteiger partial charge is 0.485 e. The molecule has 0 radical (unpaired) electrons. The average molecular weight is 414 g/mol. The zero-order chi connectivity index (χ0) is 20.8. The molecule has 0 aliphatic carbocycles. The Morgan fingerprint density at radius 3 is 2.24 bits per heavy atom. The van der Waals surface area contributed by atoms with E-state index < -0.39 is 0 Å². The topological polar surface area (TPSA) is 41.7 Å². The lowest BCUT2D eigenvalue weighted by atomic mass is 9.91. The Hall–Kier alpha value is -1.75. The number of ether oxygens (including phenoxy) is 1. The van der Waals surface area contributed by atoms with Crippen LogP contribution in [0.2, 0.25) is 5.02 Å². The minimum absolute atomic E-state index is 0.184. The molecule has 0 amide bonds. The van der Waals surface area contributed by atoms with Crippen molar-refractivity contribution in [3.8, 4) is 5.75 Å². The number of anilines is 1. The van der Waals surface area contributed by atoms with E-state index in [0.29, 0.717) is 0 Å². The number of hydrogen-bond donors (Lipinski definition) is 1. The highest BCUT2D eigenvalue weighted by Gasteiger charge is 2.39. The summed E-state index contributed by atoms with van der Waals surface area (Å²) in [6.45, 7) is 14.8. The van der Waals surface area contributed by atoms with Crippen molar-refractivity contribution in [1.29, 1.82) is 0 Å². The van der Waals surface area contributed by atoms with Crippen molar-refractivity contribution in [3.05, 3.63) is 57.1 Å². The SMILES string of the molecule is Cc1c(C)c2c(c(C)c1N)CC(C)(CN1CCN(Cc3ccc(Cl)cc3)CC1)O2. The fourth-order valence-electron chi connectivity index (χ4n) is 4.73. The second-order valence-electron chi connectivity index (χ2n) is 9.00. The standard InChI is InChI=1S/C24H32ClN3O/c1-16-17(2)23-21(18(3)22(16)26)13-24(4,29-23)15-28-11-9-27(10-12-28)14-19-5-7-20(25)8-6-19/h5-8H,9-15,26H2,1-4H3. The molecular weight excluding hydrogens is 382 g/mol. The van der Waals surface area contributed by atoms with Crippen molar-refractivity contribution in [3.63, 3.8) is 0 Å². The highest BCUT2D eigenvalue weighted by atomic mass is 35.5. The number of nitrogens with two attached hydrogens (primary N) is 1. The van der Waals surface area contributed by atoms with Crippen molar-refractivity contribution < 1.29 is 4.74 Å². The summed E-state index contributed by atoms with van der Waals surface area (Å²) in [4.78, 5) is 5.07. The molecule has 0 aromatic heterocycles. The third-order valence-corrected chi connectivity index (χ3v) is 6.93. The van der Waals surface area contributed by atoms with Crippen molar-refractivity contribution >= 4 is 17.3 Å². The molecule has 0 spiro atoms. The quantitative estimate of drug-likeness (QED) is 0.756. The van der Waals surface area contributed by atoms with Crippen LogP contribution in [0.1, 0.15) is 34.7 Å². The van der Waals surface area contributed by atoms with Gasteiger partial charge in [-0.25, -0.2) is 0 Å². The van der Waals surface area contributed by atoms with Crippen LogP contribution in [0.15, 0.2) is 24.3 Å². The summed E-state index contributed by atoms with van der Waals surface area (Å²) in [7, 11) is 0. The number of hydrogen-bond acceptors (Lipinski definition) is 4. The second kappa shape index (κ2) is 7.82. The molecule has 0 saturated carbocycles. The van der Waals surface area contributed by atoms with Gasteiger partial charge >= 0.3 is 0 Å². The first-order chi connectivity index (χ1) is 13.8. The van der Waals surface area contributed by atoms with Gasteiger partial charge in [0.15, 0.2) is 0 Å². The van der Waals surface area contributed by atoms with Crippen molar-refractivity contribution in [2.45, 2.75) is 46.3 Å². The Bertz CT molecular complexity index is 865. The van der Waals surface area contributed by atoms with Crippen LogP contribution in [0.25, 0.3) is 0 Å². The minimum atomic E-state index is -0.184. The van der Waals surface area contributed by atoms with E-state index in [1.165, 1.54) is 22.3 Å². The maximum atomic E-state index is 6.55. The van der Waals surface area contributed by atoms with E-state index in [1.54, 1.807) is 0 Å². The Labute approximate surface area is 179 Å². The number of halogens is 1. The molecule has 156 valence electrons. The molecule has 2 aliphatic heterocycles. The molecule has 0 bridgehead atoms. The Morgan fingerprint density at radius 1 is 0.966 bits per heavy atom. The van der Waals surface area contributed by atoms with Crippen LogP contribution in [0.4, 0.5) is 5.69 Å². The lowest BCUT2D eigenvalue weighted by molar-refractivity contribution is 0.0364. The predicted octanol–water partition coefficient (Wildman–Crippen LogP) is 4.36. The highest BCUT2D eigenvalue weighted by Crippen LogP contribution is 2.43. The predicted molar refractivity (Wildman–Crippen MR) is 121 cm³/mol. The van der Waals surface area contributed by atoms with Gasteiger partial charge in [0.25, 0.3) is 0 Å². The number of piperazine rings is 1.